The van der Waals surface area contributed by atoms with E-state index in [0.29, 0.717) is 12.5 Å². The Labute approximate surface area is 121 Å². The van der Waals surface area contributed by atoms with Crippen molar-refractivity contribution < 1.29 is 14.6 Å². The number of carbonyl (C=O) groups is 1. The molecule has 0 bridgehead atoms. The van der Waals surface area contributed by atoms with Crippen LogP contribution >= 0.6 is 0 Å². The highest BCUT2D eigenvalue weighted by molar-refractivity contribution is 5.80. The molecule has 1 saturated carbocycles. The number of nitrogens with zero attached hydrogens (tertiary/aromatic N) is 2. The molecule has 1 N–H and O–H groups in total. The Hall–Kier alpha value is -0.650. The number of rotatable bonds is 7. The van der Waals surface area contributed by atoms with E-state index in [2.05, 4.69) is 4.90 Å². The summed E-state index contributed by atoms with van der Waals surface area (Å²) in [5, 5.41) is 9.66. The van der Waals surface area contributed by atoms with Crippen molar-refractivity contribution in [2.75, 3.05) is 39.3 Å². The lowest BCUT2D eigenvalue weighted by Gasteiger charge is -2.36. The molecule has 0 spiro atoms. The van der Waals surface area contributed by atoms with Crippen LogP contribution in [0.1, 0.15) is 33.1 Å². The van der Waals surface area contributed by atoms with Crippen LogP contribution < -0.4 is 0 Å². The van der Waals surface area contributed by atoms with Gasteiger partial charge in [0.2, 0.25) is 0 Å². The predicted octanol–water partition coefficient (Wildman–Crippen LogP) is 0.717. The number of aliphatic hydroxyl groups is 1. The van der Waals surface area contributed by atoms with Crippen LogP contribution in [-0.2, 0) is 9.53 Å². The Morgan fingerprint density at radius 2 is 1.95 bits per heavy atom. The molecule has 1 aliphatic heterocycles. The van der Waals surface area contributed by atoms with Gasteiger partial charge in [0, 0.05) is 32.7 Å². The highest BCUT2D eigenvalue weighted by atomic mass is 16.5. The van der Waals surface area contributed by atoms with Crippen molar-refractivity contribution in [2.45, 2.75) is 45.3 Å². The van der Waals surface area contributed by atoms with Crippen LogP contribution in [0.5, 0.6) is 0 Å². The largest absolute Gasteiger partial charge is 0.392 e. The molecule has 20 heavy (non-hydrogen) atoms. The molecule has 0 aromatic rings. The highest BCUT2D eigenvalue weighted by Crippen LogP contribution is 2.29. The van der Waals surface area contributed by atoms with E-state index in [-0.39, 0.29) is 18.1 Å². The van der Waals surface area contributed by atoms with Crippen LogP contribution in [0, 0.1) is 5.92 Å². The van der Waals surface area contributed by atoms with Gasteiger partial charge in [-0.25, -0.2) is 0 Å². The molecule has 5 heteroatoms. The maximum atomic E-state index is 12.2. The topological polar surface area (TPSA) is 53.0 Å². The van der Waals surface area contributed by atoms with Gasteiger partial charge in [-0.05, 0) is 32.1 Å². The lowest BCUT2D eigenvalue weighted by Crippen LogP contribution is -2.52. The summed E-state index contributed by atoms with van der Waals surface area (Å²) in [7, 11) is 0. The summed E-state index contributed by atoms with van der Waals surface area (Å²) in [6.45, 7) is 8.47. The number of aliphatic hydroxyl groups excluding tert-OH is 1. The standard InChI is InChI=1S/C15H28N2O3/c1-3-14(18)10-16-6-8-17(9-7-16)15(19)12(2)20-11-13-4-5-13/h12-14,18H,3-11H2,1-2H3. The molecule has 2 atom stereocenters. The smallest absolute Gasteiger partial charge is 0.251 e. The van der Waals surface area contributed by atoms with Crippen LogP contribution in [0.2, 0.25) is 0 Å². The number of hydrogen-bond donors (Lipinski definition) is 1. The quantitative estimate of drug-likeness (QED) is 0.748. The Kier molecular flexibility index (Phi) is 5.81. The van der Waals surface area contributed by atoms with Gasteiger partial charge < -0.3 is 14.7 Å². The second-order valence-corrected chi connectivity index (χ2v) is 6.11. The summed E-state index contributed by atoms with van der Waals surface area (Å²) in [6, 6.07) is 0. The monoisotopic (exact) mass is 284 g/mol. The van der Waals surface area contributed by atoms with Crippen molar-refractivity contribution in [3.05, 3.63) is 0 Å². The number of amides is 1. The van der Waals surface area contributed by atoms with Crippen molar-refractivity contribution in [1.29, 1.82) is 0 Å². The maximum absolute atomic E-state index is 12.2. The van der Waals surface area contributed by atoms with Gasteiger partial charge in [0.25, 0.3) is 5.91 Å². The minimum Gasteiger partial charge on any atom is -0.392 e. The summed E-state index contributed by atoms with van der Waals surface area (Å²) < 4.78 is 5.64. The first kappa shape index (κ1) is 15.7. The maximum Gasteiger partial charge on any atom is 0.251 e. The van der Waals surface area contributed by atoms with Gasteiger partial charge in [0.15, 0.2) is 0 Å². The zero-order valence-corrected chi connectivity index (χ0v) is 12.8. The van der Waals surface area contributed by atoms with E-state index in [9.17, 15) is 9.90 Å². The molecule has 2 fully saturated rings. The van der Waals surface area contributed by atoms with Crippen molar-refractivity contribution in [1.82, 2.24) is 9.80 Å². The summed E-state index contributed by atoms with van der Waals surface area (Å²) in [5.74, 6) is 0.805. The third kappa shape index (κ3) is 4.72. The van der Waals surface area contributed by atoms with Gasteiger partial charge >= 0.3 is 0 Å². The second-order valence-electron chi connectivity index (χ2n) is 6.11. The molecule has 1 heterocycles. The Morgan fingerprint density at radius 3 is 2.50 bits per heavy atom. The third-order valence-electron chi connectivity index (χ3n) is 4.25. The Balaban J connectivity index is 1.67. The molecule has 1 aliphatic carbocycles. The second kappa shape index (κ2) is 7.38. The first-order chi connectivity index (χ1) is 9.60. The van der Waals surface area contributed by atoms with E-state index in [0.717, 1.165) is 39.2 Å². The molecule has 2 aliphatic rings. The van der Waals surface area contributed by atoms with E-state index < -0.39 is 0 Å². The van der Waals surface area contributed by atoms with Crippen LogP contribution in [0.4, 0.5) is 0 Å². The fraction of sp³-hybridized carbons (Fsp3) is 0.933. The molecular formula is C15H28N2O3. The van der Waals surface area contributed by atoms with Gasteiger partial charge in [-0.3, -0.25) is 9.69 Å². The van der Waals surface area contributed by atoms with Gasteiger partial charge in [-0.1, -0.05) is 6.92 Å². The fourth-order valence-electron chi connectivity index (χ4n) is 2.47. The number of carbonyl (C=O) groups excluding carboxylic acids is 1. The molecule has 116 valence electrons. The molecule has 0 radical (unpaired) electrons. The van der Waals surface area contributed by atoms with Crippen molar-refractivity contribution in [3.8, 4) is 0 Å². The van der Waals surface area contributed by atoms with Crippen molar-refractivity contribution in [2.24, 2.45) is 5.92 Å². The Morgan fingerprint density at radius 1 is 1.30 bits per heavy atom. The summed E-state index contributed by atoms with van der Waals surface area (Å²) >= 11 is 0. The van der Waals surface area contributed by atoms with Crippen LogP contribution in [0.25, 0.3) is 0 Å². The molecule has 1 amide bonds. The number of ether oxygens (including phenoxy) is 1. The normalized spacial score (nSPS) is 23.6. The number of β-amino-alcohol motifs (C(OH)–C–C–N with tert-alkyl or cyclic N) is 1. The number of hydrogen-bond acceptors (Lipinski definition) is 4. The summed E-state index contributed by atoms with van der Waals surface area (Å²) in [4.78, 5) is 16.4. The molecule has 5 nitrogen and oxygen atoms in total. The van der Waals surface area contributed by atoms with E-state index in [1.165, 1.54) is 12.8 Å². The van der Waals surface area contributed by atoms with Crippen molar-refractivity contribution >= 4 is 5.91 Å². The molecule has 1 saturated heterocycles. The lowest BCUT2D eigenvalue weighted by atomic mass is 10.2. The summed E-state index contributed by atoms with van der Waals surface area (Å²) in [5.41, 5.74) is 0. The predicted molar refractivity (Wildman–Crippen MR) is 77.5 cm³/mol. The van der Waals surface area contributed by atoms with Gasteiger partial charge in [0.05, 0.1) is 12.7 Å². The summed E-state index contributed by atoms with van der Waals surface area (Å²) in [6.07, 6.45) is 2.71. The first-order valence-corrected chi connectivity index (χ1v) is 7.91. The van der Waals surface area contributed by atoms with Gasteiger partial charge in [-0.2, -0.15) is 0 Å². The van der Waals surface area contributed by atoms with Crippen LogP contribution in [-0.4, -0.2) is 72.4 Å². The fourth-order valence-corrected chi connectivity index (χ4v) is 2.47. The molecule has 0 aromatic carbocycles. The van der Waals surface area contributed by atoms with Gasteiger partial charge in [0.1, 0.15) is 6.10 Å². The average Bonchev–Trinajstić information content (AvgIpc) is 3.29. The van der Waals surface area contributed by atoms with E-state index in [1.807, 2.05) is 18.7 Å². The molecule has 2 unspecified atom stereocenters. The minimum absolute atomic E-state index is 0.112. The van der Waals surface area contributed by atoms with E-state index in [4.69, 9.17) is 4.74 Å². The highest BCUT2D eigenvalue weighted by Gasteiger charge is 2.28. The van der Waals surface area contributed by atoms with Crippen molar-refractivity contribution in [3.63, 3.8) is 0 Å². The van der Waals surface area contributed by atoms with Gasteiger partial charge in [-0.15, -0.1) is 0 Å². The molecule has 2 rings (SSSR count). The van der Waals surface area contributed by atoms with Crippen LogP contribution in [0.15, 0.2) is 0 Å². The average molecular weight is 284 g/mol. The van der Waals surface area contributed by atoms with Crippen LogP contribution in [0.3, 0.4) is 0 Å². The zero-order chi connectivity index (χ0) is 14.5. The molecule has 0 aromatic heterocycles. The molecular weight excluding hydrogens is 256 g/mol. The van der Waals surface area contributed by atoms with E-state index in [1.54, 1.807) is 0 Å². The first-order valence-electron chi connectivity index (χ1n) is 7.91. The minimum atomic E-state index is -0.316. The Bertz CT molecular complexity index is 312. The SMILES string of the molecule is CCC(O)CN1CCN(C(=O)C(C)OCC2CC2)CC1. The number of piperazine rings is 1. The third-order valence-corrected chi connectivity index (χ3v) is 4.25. The van der Waals surface area contributed by atoms with E-state index >= 15 is 0 Å². The lowest BCUT2D eigenvalue weighted by molar-refractivity contribution is -0.144. The zero-order valence-electron chi connectivity index (χ0n) is 12.8.